The van der Waals surface area contributed by atoms with Gasteiger partial charge in [-0.3, -0.25) is 9.80 Å². The van der Waals surface area contributed by atoms with Crippen LogP contribution in [0.5, 0.6) is 0 Å². The molecule has 3 saturated heterocycles. The molecule has 0 aromatic rings. The Morgan fingerprint density at radius 1 is 0.542 bits per heavy atom. The molecule has 142 valence electrons. The minimum absolute atomic E-state index is 0.276. The SMILES string of the molecule is OC1COCCOCC(O)CN2CCOCCN(CCOCC2)C1. The first-order valence-electron chi connectivity index (χ1n) is 8.86. The highest BCUT2D eigenvalue weighted by Crippen LogP contribution is 2.00. The molecule has 3 aliphatic rings. The normalized spacial score (nSPS) is 36.2. The average molecular weight is 348 g/mol. The molecule has 0 spiro atoms. The van der Waals surface area contributed by atoms with E-state index in [-0.39, 0.29) is 13.2 Å². The summed E-state index contributed by atoms with van der Waals surface area (Å²) in [6.45, 7) is 7.96. The van der Waals surface area contributed by atoms with Crippen molar-refractivity contribution in [1.82, 2.24) is 9.80 Å². The summed E-state index contributed by atoms with van der Waals surface area (Å²) in [7, 11) is 0. The van der Waals surface area contributed by atoms with Crippen LogP contribution < -0.4 is 0 Å². The Balaban J connectivity index is 1.94. The molecule has 0 saturated carbocycles. The number of aliphatic hydroxyl groups is 2. The van der Waals surface area contributed by atoms with Crippen LogP contribution in [0.25, 0.3) is 0 Å². The highest BCUT2D eigenvalue weighted by molar-refractivity contribution is 4.68. The quantitative estimate of drug-likeness (QED) is 0.542. The van der Waals surface area contributed by atoms with Gasteiger partial charge in [0.05, 0.1) is 65.1 Å². The molecule has 0 aromatic carbocycles. The van der Waals surface area contributed by atoms with Gasteiger partial charge in [0.2, 0.25) is 0 Å². The lowest BCUT2D eigenvalue weighted by Gasteiger charge is -2.28. The molecule has 8 heteroatoms. The second kappa shape index (κ2) is 12.1. The molecule has 8 nitrogen and oxygen atoms in total. The standard InChI is InChI=1S/C16H32N2O6/c19-15-11-17-1-5-21-7-3-18(4-8-22-6-2-17)12-16(20)14-24-10-9-23-13-15/h15-16,19-20H,1-14H2. The molecule has 2 unspecified atom stereocenters. The smallest absolute Gasteiger partial charge is 0.0900 e. The van der Waals surface area contributed by atoms with Gasteiger partial charge in [-0.2, -0.15) is 0 Å². The Hall–Kier alpha value is -0.320. The highest BCUT2D eigenvalue weighted by atomic mass is 16.5. The molecule has 0 amide bonds. The third-order valence-electron chi connectivity index (χ3n) is 4.14. The minimum Gasteiger partial charge on any atom is -0.389 e. The van der Waals surface area contributed by atoms with Crippen LogP contribution in [0.15, 0.2) is 0 Å². The number of fused-ring (bicyclic) bond motifs is 17. The van der Waals surface area contributed by atoms with Gasteiger partial charge in [-0.1, -0.05) is 0 Å². The van der Waals surface area contributed by atoms with Crippen LogP contribution in [-0.4, -0.2) is 124 Å². The first-order valence-corrected chi connectivity index (χ1v) is 8.86. The molecule has 2 N–H and O–H groups in total. The fraction of sp³-hybridized carbons (Fsp3) is 1.00. The molecule has 3 rings (SSSR count). The number of aliphatic hydroxyl groups excluding tert-OH is 2. The van der Waals surface area contributed by atoms with Gasteiger partial charge in [-0.25, -0.2) is 0 Å². The van der Waals surface area contributed by atoms with Crippen molar-refractivity contribution >= 4 is 0 Å². The molecule has 0 aliphatic carbocycles. The summed E-state index contributed by atoms with van der Waals surface area (Å²) in [6, 6.07) is 0. The van der Waals surface area contributed by atoms with E-state index in [1.54, 1.807) is 0 Å². The number of hydrogen-bond donors (Lipinski definition) is 2. The molecule has 2 atom stereocenters. The van der Waals surface area contributed by atoms with Crippen LogP contribution in [0.3, 0.4) is 0 Å². The van der Waals surface area contributed by atoms with Crippen molar-refractivity contribution < 1.29 is 29.2 Å². The van der Waals surface area contributed by atoms with Gasteiger partial charge in [0.15, 0.2) is 0 Å². The number of ether oxygens (including phenoxy) is 4. The molecule has 3 aliphatic heterocycles. The number of rotatable bonds is 0. The summed E-state index contributed by atoms with van der Waals surface area (Å²) in [6.07, 6.45) is -1.09. The molecule has 3 fully saturated rings. The van der Waals surface area contributed by atoms with E-state index in [0.717, 1.165) is 26.2 Å². The van der Waals surface area contributed by atoms with Gasteiger partial charge in [0.25, 0.3) is 0 Å². The van der Waals surface area contributed by atoms with E-state index in [1.807, 2.05) is 0 Å². The van der Waals surface area contributed by atoms with Gasteiger partial charge >= 0.3 is 0 Å². The van der Waals surface area contributed by atoms with E-state index in [1.165, 1.54) is 0 Å². The van der Waals surface area contributed by atoms with E-state index < -0.39 is 12.2 Å². The van der Waals surface area contributed by atoms with Crippen molar-refractivity contribution in [3.63, 3.8) is 0 Å². The summed E-state index contributed by atoms with van der Waals surface area (Å²) in [5.74, 6) is 0. The van der Waals surface area contributed by atoms with Crippen molar-refractivity contribution in [3.05, 3.63) is 0 Å². The Labute approximate surface area is 144 Å². The van der Waals surface area contributed by atoms with Crippen LogP contribution in [0.2, 0.25) is 0 Å². The molecule has 24 heavy (non-hydrogen) atoms. The van der Waals surface area contributed by atoms with Gasteiger partial charge in [0, 0.05) is 39.3 Å². The lowest BCUT2D eigenvalue weighted by Crippen LogP contribution is -2.41. The lowest BCUT2D eigenvalue weighted by molar-refractivity contribution is -0.0269. The maximum atomic E-state index is 10.1. The summed E-state index contributed by atoms with van der Waals surface area (Å²) in [5, 5.41) is 20.2. The summed E-state index contributed by atoms with van der Waals surface area (Å²) >= 11 is 0. The molecule has 3 heterocycles. The van der Waals surface area contributed by atoms with Crippen molar-refractivity contribution in [2.45, 2.75) is 12.2 Å². The first kappa shape index (κ1) is 20.0. The monoisotopic (exact) mass is 348 g/mol. The van der Waals surface area contributed by atoms with Gasteiger partial charge < -0.3 is 29.2 Å². The fourth-order valence-corrected chi connectivity index (χ4v) is 2.83. The third kappa shape index (κ3) is 8.68. The fourth-order valence-electron chi connectivity index (χ4n) is 2.83. The zero-order valence-corrected chi connectivity index (χ0v) is 14.5. The maximum absolute atomic E-state index is 10.1. The largest absolute Gasteiger partial charge is 0.389 e. The highest BCUT2D eigenvalue weighted by Gasteiger charge is 2.16. The van der Waals surface area contributed by atoms with E-state index in [9.17, 15) is 10.2 Å². The van der Waals surface area contributed by atoms with Crippen LogP contribution in [0, 0.1) is 0 Å². The lowest BCUT2D eigenvalue weighted by atomic mass is 10.3. The minimum atomic E-state index is -0.547. The van der Waals surface area contributed by atoms with Crippen LogP contribution in [0.4, 0.5) is 0 Å². The zero-order valence-electron chi connectivity index (χ0n) is 14.5. The Morgan fingerprint density at radius 2 is 0.917 bits per heavy atom. The Morgan fingerprint density at radius 3 is 1.29 bits per heavy atom. The summed E-state index contributed by atoms with van der Waals surface area (Å²) in [5.41, 5.74) is 0. The van der Waals surface area contributed by atoms with Crippen LogP contribution in [0.1, 0.15) is 0 Å². The second-order valence-corrected chi connectivity index (χ2v) is 6.28. The predicted octanol–water partition coefficient (Wildman–Crippen LogP) is -1.59. The van der Waals surface area contributed by atoms with Gasteiger partial charge in [-0.15, -0.1) is 0 Å². The second-order valence-electron chi connectivity index (χ2n) is 6.28. The first-order chi connectivity index (χ1) is 11.7. The van der Waals surface area contributed by atoms with E-state index in [0.29, 0.717) is 52.7 Å². The Bertz CT molecular complexity index is 281. The molecular formula is C16H32N2O6. The zero-order chi connectivity index (χ0) is 17.0. The van der Waals surface area contributed by atoms with Crippen LogP contribution >= 0.6 is 0 Å². The van der Waals surface area contributed by atoms with Gasteiger partial charge in [0.1, 0.15) is 0 Å². The van der Waals surface area contributed by atoms with E-state index in [2.05, 4.69) is 9.80 Å². The summed E-state index contributed by atoms with van der Waals surface area (Å²) in [4.78, 5) is 4.29. The Kier molecular flexibility index (Phi) is 10.1. The molecule has 0 radical (unpaired) electrons. The van der Waals surface area contributed by atoms with Crippen molar-refractivity contribution in [3.8, 4) is 0 Å². The molecule has 2 bridgehead atoms. The third-order valence-corrected chi connectivity index (χ3v) is 4.14. The van der Waals surface area contributed by atoms with E-state index >= 15 is 0 Å². The van der Waals surface area contributed by atoms with Crippen molar-refractivity contribution in [1.29, 1.82) is 0 Å². The van der Waals surface area contributed by atoms with Crippen molar-refractivity contribution in [2.75, 3.05) is 92.1 Å². The topological polar surface area (TPSA) is 83.9 Å². The maximum Gasteiger partial charge on any atom is 0.0900 e. The van der Waals surface area contributed by atoms with Crippen LogP contribution in [-0.2, 0) is 18.9 Å². The van der Waals surface area contributed by atoms with Crippen molar-refractivity contribution in [2.24, 2.45) is 0 Å². The molecular weight excluding hydrogens is 316 g/mol. The number of nitrogens with zero attached hydrogens (tertiary/aromatic N) is 2. The average Bonchev–Trinajstić information content (AvgIpc) is 2.54. The van der Waals surface area contributed by atoms with E-state index in [4.69, 9.17) is 18.9 Å². The van der Waals surface area contributed by atoms with Gasteiger partial charge in [-0.05, 0) is 0 Å². The number of hydrogen-bond acceptors (Lipinski definition) is 8. The predicted molar refractivity (Wildman–Crippen MR) is 88.2 cm³/mol. The molecule has 0 aromatic heterocycles. The summed E-state index contributed by atoms with van der Waals surface area (Å²) < 4.78 is 22.3.